The summed E-state index contributed by atoms with van der Waals surface area (Å²) in [5.74, 6) is -0.0960. The molecule has 19 heavy (non-hydrogen) atoms. The van der Waals surface area contributed by atoms with Gasteiger partial charge in [0, 0.05) is 18.6 Å². The van der Waals surface area contributed by atoms with Crippen LogP contribution in [-0.4, -0.2) is 28.6 Å². The van der Waals surface area contributed by atoms with Gasteiger partial charge in [-0.3, -0.25) is 4.79 Å². The standard InChI is InChI=1S/C14H17N3O2/c1-9-10(7-15)5-6-13(16-9)14(19)17-12-4-2-3-11(12)8-18/h5-6,11-12,18H,2-4,8H2,1H3,(H,17,19). The lowest BCUT2D eigenvalue weighted by Gasteiger charge is -2.18. The minimum Gasteiger partial charge on any atom is -0.396 e. The highest BCUT2D eigenvalue weighted by Gasteiger charge is 2.28. The number of rotatable bonds is 3. The fourth-order valence-electron chi connectivity index (χ4n) is 2.49. The van der Waals surface area contributed by atoms with Gasteiger partial charge >= 0.3 is 0 Å². The minimum atomic E-state index is -0.238. The van der Waals surface area contributed by atoms with Gasteiger partial charge in [0.1, 0.15) is 11.8 Å². The van der Waals surface area contributed by atoms with Crippen molar-refractivity contribution >= 4 is 5.91 Å². The van der Waals surface area contributed by atoms with Crippen molar-refractivity contribution < 1.29 is 9.90 Å². The number of pyridine rings is 1. The van der Waals surface area contributed by atoms with Crippen LogP contribution in [0.25, 0.3) is 0 Å². The summed E-state index contributed by atoms with van der Waals surface area (Å²) in [5, 5.41) is 21.0. The Morgan fingerprint density at radius 1 is 1.58 bits per heavy atom. The normalized spacial score (nSPS) is 21.9. The number of aromatic nitrogens is 1. The van der Waals surface area contributed by atoms with Crippen LogP contribution in [0.5, 0.6) is 0 Å². The van der Waals surface area contributed by atoms with Crippen LogP contribution in [0.3, 0.4) is 0 Å². The lowest BCUT2D eigenvalue weighted by molar-refractivity contribution is 0.0911. The maximum atomic E-state index is 12.1. The topological polar surface area (TPSA) is 86.0 Å². The molecule has 1 amide bonds. The smallest absolute Gasteiger partial charge is 0.270 e. The molecule has 2 N–H and O–H groups in total. The molecule has 0 bridgehead atoms. The van der Waals surface area contributed by atoms with Gasteiger partial charge in [-0.1, -0.05) is 6.42 Å². The summed E-state index contributed by atoms with van der Waals surface area (Å²) in [7, 11) is 0. The molecule has 0 aromatic carbocycles. The van der Waals surface area contributed by atoms with E-state index in [4.69, 9.17) is 5.26 Å². The zero-order chi connectivity index (χ0) is 13.8. The monoisotopic (exact) mass is 259 g/mol. The van der Waals surface area contributed by atoms with Crippen molar-refractivity contribution in [2.24, 2.45) is 5.92 Å². The average Bonchev–Trinajstić information content (AvgIpc) is 2.85. The third-order valence-corrected chi connectivity index (χ3v) is 3.65. The second-order valence-corrected chi connectivity index (χ2v) is 4.89. The highest BCUT2D eigenvalue weighted by atomic mass is 16.3. The zero-order valence-corrected chi connectivity index (χ0v) is 10.9. The molecule has 1 aromatic rings. The Labute approximate surface area is 112 Å². The molecule has 2 atom stereocenters. The van der Waals surface area contributed by atoms with Gasteiger partial charge in [-0.25, -0.2) is 4.98 Å². The van der Waals surface area contributed by atoms with E-state index in [1.54, 1.807) is 19.1 Å². The summed E-state index contributed by atoms with van der Waals surface area (Å²) < 4.78 is 0. The predicted octanol–water partition coefficient (Wildman–Crippen LogP) is 1.15. The van der Waals surface area contributed by atoms with Gasteiger partial charge in [0.2, 0.25) is 0 Å². The van der Waals surface area contributed by atoms with Gasteiger partial charge in [-0.05, 0) is 31.9 Å². The summed E-state index contributed by atoms with van der Waals surface area (Å²) in [6.07, 6.45) is 2.86. The molecular formula is C14H17N3O2. The number of nitrogens with zero attached hydrogens (tertiary/aromatic N) is 2. The molecule has 0 saturated heterocycles. The van der Waals surface area contributed by atoms with E-state index in [9.17, 15) is 9.90 Å². The Morgan fingerprint density at radius 3 is 3.00 bits per heavy atom. The number of nitriles is 1. The Hall–Kier alpha value is -1.93. The number of carbonyl (C=O) groups excluding carboxylic acids is 1. The maximum absolute atomic E-state index is 12.1. The van der Waals surface area contributed by atoms with Crippen molar-refractivity contribution in [2.45, 2.75) is 32.2 Å². The fourth-order valence-corrected chi connectivity index (χ4v) is 2.49. The number of carbonyl (C=O) groups is 1. The van der Waals surface area contributed by atoms with E-state index in [0.717, 1.165) is 19.3 Å². The van der Waals surface area contributed by atoms with Crippen LogP contribution < -0.4 is 5.32 Å². The van der Waals surface area contributed by atoms with E-state index in [-0.39, 0.29) is 24.5 Å². The Morgan fingerprint density at radius 2 is 2.37 bits per heavy atom. The molecule has 1 fully saturated rings. The summed E-state index contributed by atoms with van der Waals surface area (Å²) in [6, 6.07) is 5.21. The van der Waals surface area contributed by atoms with E-state index < -0.39 is 0 Å². The molecule has 2 rings (SSSR count). The molecule has 5 nitrogen and oxygen atoms in total. The summed E-state index contributed by atoms with van der Waals surface area (Å²) in [6.45, 7) is 1.81. The average molecular weight is 259 g/mol. The van der Waals surface area contributed by atoms with Crippen LogP contribution in [0, 0.1) is 24.2 Å². The minimum absolute atomic E-state index is 0.0234. The Bertz CT molecular complexity index is 522. The number of hydrogen-bond acceptors (Lipinski definition) is 4. The highest BCUT2D eigenvalue weighted by molar-refractivity contribution is 5.92. The molecule has 1 aliphatic rings. The van der Waals surface area contributed by atoms with Crippen molar-refractivity contribution in [3.8, 4) is 6.07 Å². The highest BCUT2D eigenvalue weighted by Crippen LogP contribution is 2.25. The number of aliphatic hydroxyl groups excluding tert-OH is 1. The van der Waals surface area contributed by atoms with Gasteiger partial charge in [-0.15, -0.1) is 0 Å². The van der Waals surface area contributed by atoms with E-state index >= 15 is 0 Å². The van der Waals surface area contributed by atoms with Crippen molar-refractivity contribution in [3.05, 3.63) is 29.1 Å². The first-order chi connectivity index (χ1) is 9.15. The van der Waals surface area contributed by atoms with Crippen molar-refractivity contribution in [3.63, 3.8) is 0 Å². The van der Waals surface area contributed by atoms with Crippen LogP contribution in [0.1, 0.15) is 41.0 Å². The molecule has 1 aliphatic carbocycles. The second-order valence-electron chi connectivity index (χ2n) is 4.89. The van der Waals surface area contributed by atoms with E-state index in [1.807, 2.05) is 6.07 Å². The third kappa shape index (κ3) is 2.91. The molecule has 1 heterocycles. The first-order valence-electron chi connectivity index (χ1n) is 6.45. The Balaban J connectivity index is 2.08. The molecule has 0 radical (unpaired) electrons. The number of hydrogen-bond donors (Lipinski definition) is 2. The third-order valence-electron chi connectivity index (χ3n) is 3.65. The fraction of sp³-hybridized carbons (Fsp3) is 0.500. The van der Waals surface area contributed by atoms with E-state index in [2.05, 4.69) is 10.3 Å². The molecular weight excluding hydrogens is 242 g/mol. The van der Waals surface area contributed by atoms with Crippen LogP contribution in [0.15, 0.2) is 12.1 Å². The van der Waals surface area contributed by atoms with Crippen molar-refractivity contribution in [2.75, 3.05) is 6.61 Å². The van der Waals surface area contributed by atoms with Crippen molar-refractivity contribution in [1.82, 2.24) is 10.3 Å². The van der Waals surface area contributed by atoms with E-state index in [0.29, 0.717) is 17.0 Å². The van der Waals surface area contributed by atoms with Gasteiger partial charge in [-0.2, -0.15) is 5.26 Å². The molecule has 1 aromatic heterocycles. The predicted molar refractivity (Wildman–Crippen MR) is 69.4 cm³/mol. The molecule has 0 aliphatic heterocycles. The number of aliphatic hydroxyl groups is 1. The largest absolute Gasteiger partial charge is 0.396 e. The van der Waals surface area contributed by atoms with Gasteiger partial charge in [0.25, 0.3) is 5.91 Å². The quantitative estimate of drug-likeness (QED) is 0.852. The maximum Gasteiger partial charge on any atom is 0.270 e. The van der Waals surface area contributed by atoms with Gasteiger partial charge in [0.15, 0.2) is 0 Å². The summed E-state index contributed by atoms with van der Waals surface area (Å²) in [5.41, 5.74) is 1.35. The van der Waals surface area contributed by atoms with Crippen LogP contribution >= 0.6 is 0 Å². The first-order valence-corrected chi connectivity index (χ1v) is 6.45. The molecule has 1 saturated carbocycles. The number of amides is 1. The second kappa shape index (κ2) is 5.81. The van der Waals surface area contributed by atoms with Crippen LogP contribution in [-0.2, 0) is 0 Å². The summed E-state index contributed by atoms with van der Waals surface area (Å²) >= 11 is 0. The van der Waals surface area contributed by atoms with Gasteiger partial charge < -0.3 is 10.4 Å². The molecule has 0 spiro atoms. The Kier molecular flexibility index (Phi) is 4.13. The van der Waals surface area contributed by atoms with E-state index in [1.165, 1.54) is 0 Å². The zero-order valence-electron chi connectivity index (χ0n) is 10.9. The number of nitrogens with one attached hydrogen (secondary N) is 1. The molecule has 100 valence electrons. The van der Waals surface area contributed by atoms with Crippen LogP contribution in [0.2, 0.25) is 0 Å². The lowest BCUT2D eigenvalue weighted by Crippen LogP contribution is -2.38. The SMILES string of the molecule is Cc1nc(C(=O)NC2CCCC2CO)ccc1C#N. The first kappa shape index (κ1) is 13.5. The summed E-state index contributed by atoms with van der Waals surface area (Å²) in [4.78, 5) is 16.2. The molecule has 5 heteroatoms. The molecule has 2 unspecified atom stereocenters. The van der Waals surface area contributed by atoms with Crippen LogP contribution in [0.4, 0.5) is 0 Å². The lowest BCUT2D eigenvalue weighted by atomic mass is 10.0. The van der Waals surface area contributed by atoms with Gasteiger partial charge in [0.05, 0.1) is 11.3 Å². The van der Waals surface area contributed by atoms with Crippen molar-refractivity contribution in [1.29, 1.82) is 5.26 Å². The number of aryl methyl sites for hydroxylation is 1.